The Labute approximate surface area is 85.9 Å². The summed E-state index contributed by atoms with van der Waals surface area (Å²) in [5.41, 5.74) is 5.55. The van der Waals surface area contributed by atoms with E-state index in [0.29, 0.717) is 19.1 Å². The molecule has 2 atom stereocenters. The molecule has 0 radical (unpaired) electrons. The predicted octanol–water partition coefficient (Wildman–Crippen LogP) is 1.66. The van der Waals surface area contributed by atoms with Crippen molar-refractivity contribution in [2.24, 2.45) is 11.7 Å². The molecule has 0 aromatic rings. The van der Waals surface area contributed by atoms with Crippen molar-refractivity contribution in [1.82, 2.24) is 0 Å². The highest BCUT2D eigenvalue weighted by Gasteiger charge is 2.31. The summed E-state index contributed by atoms with van der Waals surface area (Å²) in [5, 5.41) is 0. The summed E-state index contributed by atoms with van der Waals surface area (Å²) in [6.07, 6.45) is 8.14. The Morgan fingerprint density at radius 2 is 1.79 bits per heavy atom. The van der Waals surface area contributed by atoms with Crippen LogP contribution in [-0.4, -0.2) is 25.5 Å². The smallest absolute Gasteiger partial charge is 0.161 e. The van der Waals surface area contributed by atoms with Crippen molar-refractivity contribution in [2.45, 2.75) is 50.9 Å². The van der Waals surface area contributed by atoms with Crippen LogP contribution in [0, 0.1) is 5.92 Å². The van der Waals surface area contributed by atoms with Crippen molar-refractivity contribution in [3.63, 3.8) is 0 Å². The highest BCUT2D eigenvalue weighted by molar-refractivity contribution is 4.74. The maximum Gasteiger partial charge on any atom is 0.161 e. The maximum absolute atomic E-state index is 5.76. The Morgan fingerprint density at radius 3 is 2.36 bits per heavy atom. The number of nitrogens with two attached hydrogens (primary N) is 1. The molecule has 82 valence electrons. The van der Waals surface area contributed by atoms with Crippen LogP contribution in [0.1, 0.15) is 38.5 Å². The molecule has 0 aromatic carbocycles. The van der Waals surface area contributed by atoms with E-state index in [1.807, 2.05) is 0 Å². The average Bonchev–Trinajstić information content (AvgIpc) is 2.53. The van der Waals surface area contributed by atoms with Crippen LogP contribution in [0.4, 0.5) is 0 Å². The molecule has 2 aliphatic rings. The fourth-order valence-corrected chi connectivity index (χ4v) is 2.42. The summed E-state index contributed by atoms with van der Waals surface area (Å²) in [7, 11) is 0. The van der Waals surface area contributed by atoms with E-state index >= 15 is 0 Å². The van der Waals surface area contributed by atoms with Gasteiger partial charge in [0.15, 0.2) is 6.29 Å². The Kier molecular flexibility index (Phi) is 3.79. The number of ether oxygens (including phenoxy) is 2. The fraction of sp³-hybridized carbons (Fsp3) is 1.00. The number of hydrogen-bond donors (Lipinski definition) is 1. The van der Waals surface area contributed by atoms with Crippen LogP contribution >= 0.6 is 0 Å². The van der Waals surface area contributed by atoms with E-state index in [4.69, 9.17) is 15.2 Å². The van der Waals surface area contributed by atoms with Gasteiger partial charge in [0.25, 0.3) is 0 Å². The Bertz CT molecular complexity index is 167. The molecule has 2 rings (SSSR count). The minimum absolute atomic E-state index is 0.0432. The molecule has 0 aromatic heterocycles. The van der Waals surface area contributed by atoms with Gasteiger partial charge in [-0.1, -0.05) is 25.7 Å². The lowest BCUT2D eigenvalue weighted by atomic mass is 10.00. The van der Waals surface area contributed by atoms with Crippen molar-refractivity contribution in [1.29, 1.82) is 0 Å². The quantitative estimate of drug-likeness (QED) is 0.688. The van der Waals surface area contributed by atoms with E-state index in [2.05, 4.69) is 0 Å². The fourth-order valence-electron chi connectivity index (χ4n) is 2.42. The van der Waals surface area contributed by atoms with Gasteiger partial charge in [-0.3, -0.25) is 0 Å². The van der Waals surface area contributed by atoms with Crippen LogP contribution in [-0.2, 0) is 9.47 Å². The molecular formula is C11H21NO2. The van der Waals surface area contributed by atoms with Crippen LogP contribution in [0.3, 0.4) is 0 Å². The minimum atomic E-state index is 0.0432. The number of hydrogen-bond acceptors (Lipinski definition) is 3. The zero-order valence-corrected chi connectivity index (χ0v) is 8.78. The SMILES string of the molecule is NCC1COC(C2CCCCCC2)O1. The lowest BCUT2D eigenvalue weighted by molar-refractivity contribution is -0.0985. The molecule has 0 bridgehead atoms. The van der Waals surface area contributed by atoms with Gasteiger partial charge in [0.2, 0.25) is 0 Å². The van der Waals surface area contributed by atoms with Crippen LogP contribution in [0.25, 0.3) is 0 Å². The summed E-state index contributed by atoms with van der Waals surface area (Å²) < 4.78 is 11.4. The molecule has 1 heterocycles. The summed E-state index contributed by atoms with van der Waals surface area (Å²) in [5.74, 6) is 0.619. The molecule has 3 nitrogen and oxygen atoms in total. The third kappa shape index (κ3) is 2.47. The Hall–Kier alpha value is -0.120. The normalized spacial score (nSPS) is 35.8. The van der Waals surface area contributed by atoms with Crippen LogP contribution < -0.4 is 5.73 Å². The largest absolute Gasteiger partial charge is 0.350 e. The van der Waals surface area contributed by atoms with Gasteiger partial charge in [-0.15, -0.1) is 0 Å². The molecule has 2 fully saturated rings. The lowest BCUT2D eigenvalue weighted by Gasteiger charge is -2.20. The highest BCUT2D eigenvalue weighted by Crippen LogP contribution is 2.30. The van der Waals surface area contributed by atoms with Crippen molar-refractivity contribution in [2.75, 3.05) is 13.2 Å². The van der Waals surface area contributed by atoms with Crippen LogP contribution in [0.15, 0.2) is 0 Å². The second-order valence-corrected chi connectivity index (χ2v) is 4.45. The van der Waals surface area contributed by atoms with Crippen molar-refractivity contribution >= 4 is 0 Å². The molecule has 1 saturated heterocycles. The standard InChI is InChI=1S/C11H21NO2/c12-7-10-8-13-11(14-10)9-5-3-1-2-4-6-9/h9-11H,1-8,12H2. The zero-order valence-electron chi connectivity index (χ0n) is 8.78. The molecule has 14 heavy (non-hydrogen) atoms. The monoisotopic (exact) mass is 199 g/mol. The van der Waals surface area contributed by atoms with E-state index in [-0.39, 0.29) is 12.4 Å². The minimum Gasteiger partial charge on any atom is -0.350 e. The summed E-state index contributed by atoms with van der Waals surface area (Å²) in [4.78, 5) is 0. The molecule has 3 heteroatoms. The Morgan fingerprint density at radius 1 is 1.07 bits per heavy atom. The van der Waals surface area contributed by atoms with E-state index in [9.17, 15) is 0 Å². The average molecular weight is 199 g/mol. The van der Waals surface area contributed by atoms with Crippen molar-refractivity contribution < 1.29 is 9.47 Å². The first-order valence-electron chi connectivity index (χ1n) is 5.87. The predicted molar refractivity (Wildman–Crippen MR) is 54.9 cm³/mol. The first-order valence-corrected chi connectivity index (χ1v) is 5.87. The number of rotatable bonds is 2. The van der Waals surface area contributed by atoms with E-state index in [1.54, 1.807) is 0 Å². The van der Waals surface area contributed by atoms with E-state index < -0.39 is 0 Å². The van der Waals surface area contributed by atoms with Gasteiger partial charge >= 0.3 is 0 Å². The van der Waals surface area contributed by atoms with Gasteiger partial charge < -0.3 is 15.2 Å². The molecule has 1 aliphatic heterocycles. The topological polar surface area (TPSA) is 44.5 Å². The molecule has 0 amide bonds. The summed E-state index contributed by atoms with van der Waals surface area (Å²) in [6, 6.07) is 0. The molecule has 1 aliphatic carbocycles. The third-order valence-electron chi connectivity index (χ3n) is 3.32. The van der Waals surface area contributed by atoms with Crippen molar-refractivity contribution in [3.8, 4) is 0 Å². The van der Waals surface area contributed by atoms with E-state index in [0.717, 1.165) is 0 Å². The lowest BCUT2D eigenvalue weighted by Crippen LogP contribution is -2.25. The molecule has 0 spiro atoms. The van der Waals surface area contributed by atoms with Gasteiger partial charge in [0.05, 0.1) is 12.7 Å². The zero-order chi connectivity index (χ0) is 9.80. The van der Waals surface area contributed by atoms with E-state index in [1.165, 1.54) is 38.5 Å². The third-order valence-corrected chi connectivity index (χ3v) is 3.32. The first kappa shape index (κ1) is 10.4. The first-order chi connectivity index (χ1) is 6.90. The summed E-state index contributed by atoms with van der Waals surface area (Å²) in [6.45, 7) is 1.28. The van der Waals surface area contributed by atoms with Crippen LogP contribution in [0.5, 0.6) is 0 Å². The van der Waals surface area contributed by atoms with Crippen molar-refractivity contribution in [3.05, 3.63) is 0 Å². The van der Waals surface area contributed by atoms with Crippen LogP contribution in [0.2, 0.25) is 0 Å². The summed E-state index contributed by atoms with van der Waals surface area (Å²) >= 11 is 0. The molecule has 2 unspecified atom stereocenters. The molecular weight excluding hydrogens is 178 g/mol. The second kappa shape index (κ2) is 5.10. The van der Waals surface area contributed by atoms with Gasteiger partial charge in [0, 0.05) is 12.5 Å². The maximum atomic E-state index is 5.76. The van der Waals surface area contributed by atoms with Gasteiger partial charge in [-0.25, -0.2) is 0 Å². The van der Waals surface area contributed by atoms with Gasteiger partial charge in [-0.2, -0.15) is 0 Å². The molecule has 1 saturated carbocycles. The van der Waals surface area contributed by atoms with Gasteiger partial charge in [0.1, 0.15) is 0 Å². The Balaban J connectivity index is 1.82. The molecule has 2 N–H and O–H groups in total. The highest BCUT2D eigenvalue weighted by atomic mass is 16.7. The van der Waals surface area contributed by atoms with Gasteiger partial charge in [-0.05, 0) is 12.8 Å². The second-order valence-electron chi connectivity index (χ2n) is 4.45.